The van der Waals surface area contributed by atoms with E-state index in [1.807, 2.05) is 36.4 Å². The van der Waals surface area contributed by atoms with Crippen LogP contribution in [0.5, 0.6) is 0 Å². The second-order valence-electron chi connectivity index (χ2n) is 8.15. The molecule has 156 valence electrons. The maximum absolute atomic E-state index is 9.40. The molecular formula is C21H22N10. The number of fused-ring (bicyclic) bond motifs is 1. The molecule has 0 saturated heterocycles. The van der Waals surface area contributed by atoms with E-state index < -0.39 is 0 Å². The lowest BCUT2D eigenvalue weighted by Crippen LogP contribution is -2.47. The number of nitrogens with zero attached hydrogens (tertiary/aromatic N) is 9. The highest BCUT2D eigenvalue weighted by Crippen LogP contribution is 2.46. The van der Waals surface area contributed by atoms with E-state index >= 15 is 0 Å². The molecule has 1 aliphatic carbocycles. The van der Waals surface area contributed by atoms with Crippen LogP contribution in [0.2, 0.25) is 0 Å². The van der Waals surface area contributed by atoms with Crippen LogP contribution in [0.1, 0.15) is 19.3 Å². The second-order valence-corrected chi connectivity index (χ2v) is 8.15. The third-order valence-electron chi connectivity index (χ3n) is 6.00. The second kappa shape index (κ2) is 7.05. The molecule has 0 spiro atoms. The van der Waals surface area contributed by atoms with Crippen molar-refractivity contribution < 1.29 is 0 Å². The van der Waals surface area contributed by atoms with E-state index in [1.54, 1.807) is 21.6 Å². The predicted molar refractivity (Wildman–Crippen MR) is 116 cm³/mol. The van der Waals surface area contributed by atoms with Crippen molar-refractivity contribution in [1.82, 2.24) is 34.2 Å². The molecule has 0 unspecified atom stereocenters. The number of aliphatic imine (C=N–C) groups is 1. The fraction of sp³-hybridized carbons (Fsp3) is 0.333. The first kappa shape index (κ1) is 19.0. The van der Waals surface area contributed by atoms with Gasteiger partial charge < -0.3 is 10.7 Å². The standard InChI is InChI=1S/C21H22N10/c1-24-9-14-7-21(8-14,4-5-22)31-11-15(10-26-31)19-18-3-6-25-30(18)13-17(27-19)16-12-29(2)28-20(16)23/h3,6,10-14H,1,4,7-9H2,2H3,(H2,23,28)/t14-,21-. The van der Waals surface area contributed by atoms with Crippen molar-refractivity contribution in [3.63, 3.8) is 0 Å². The number of hydrogen-bond acceptors (Lipinski definition) is 7. The highest BCUT2D eigenvalue weighted by Gasteiger charge is 2.46. The summed E-state index contributed by atoms with van der Waals surface area (Å²) in [7, 11) is 1.82. The van der Waals surface area contributed by atoms with E-state index in [9.17, 15) is 5.26 Å². The zero-order chi connectivity index (χ0) is 21.6. The van der Waals surface area contributed by atoms with Crippen LogP contribution in [0.4, 0.5) is 5.82 Å². The van der Waals surface area contributed by atoms with Gasteiger partial charge in [0.1, 0.15) is 0 Å². The highest BCUT2D eigenvalue weighted by molar-refractivity contribution is 5.80. The van der Waals surface area contributed by atoms with E-state index in [0.717, 1.165) is 35.2 Å². The quantitative estimate of drug-likeness (QED) is 0.482. The molecule has 0 aromatic carbocycles. The number of anilines is 1. The van der Waals surface area contributed by atoms with Crippen molar-refractivity contribution in [2.24, 2.45) is 18.0 Å². The summed E-state index contributed by atoms with van der Waals surface area (Å²) >= 11 is 0. The molecule has 0 aliphatic heterocycles. The largest absolute Gasteiger partial charge is 0.382 e. The van der Waals surface area contributed by atoms with E-state index in [0.29, 0.717) is 30.4 Å². The van der Waals surface area contributed by atoms with E-state index in [2.05, 4.69) is 33.1 Å². The molecule has 5 rings (SSSR count). The molecule has 0 bridgehead atoms. The number of aromatic nitrogens is 7. The Hall–Kier alpha value is -4.00. The fourth-order valence-electron chi connectivity index (χ4n) is 4.56. The third kappa shape index (κ3) is 3.06. The van der Waals surface area contributed by atoms with E-state index in [1.165, 1.54) is 0 Å². The number of aryl methyl sites for hydroxylation is 1. The zero-order valence-corrected chi connectivity index (χ0v) is 17.2. The van der Waals surface area contributed by atoms with Gasteiger partial charge in [0, 0.05) is 31.5 Å². The highest BCUT2D eigenvalue weighted by atomic mass is 15.3. The Balaban J connectivity index is 1.57. The van der Waals surface area contributed by atoms with Crippen LogP contribution in [0.15, 0.2) is 42.0 Å². The Labute approximate surface area is 178 Å². The van der Waals surface area contributed by atoms with E-state index in [4.69, 9.17) is 10.7 Å². The third-order valence-corrected chi connectivity index (χ3v) is 6.00. The Kier molecular flexibility index (Phi) is 4.32. The maximum Gasteiger partial charge on any atom is 0.154 e. The molecule has 0 atom stereocenters. The van der Waals surface area contributed by atoms with Crippen LogP contribution < -0.4 is 5.73 Å². The normalized spacial score (nSPS) is 20.5. The van der Waals surface area contributed by atoms with Crippen LogP contribution >= 0.6 is 0 Å². The topological polar surface area (TPSA) is 128 Å². The Morgan fingerprint density at radius 1 is 1.32 bits per heavy atom. The van der Waals surface area contributed by atoms with Crippen molar-refractivity contribution >= 4 is 18.1 Å². The van der Waals surface area contributed by atoms with Gasteiger partial charge in [0.2, 0.25) is 0 Å². The Bertz CT molecular complexity index is 1310. The Morgan fingerprint density at radius 2 is 2.16 bits per heavy atom. The van der Waals surface area contributed by atoms with Crippen molar-refractivity contribution in [3.8, 4) is 28.6 Å². The van der Waals surface area contributed by atoms with Crippen molar-refractivity contribution in [1.29, 1.82) is 5.26 Å². The summed E-state index contributed by atoms with van der Waals surface area (Å²) < 4.78 is 5.36. The molecule has 4 heterocycles. The lowest BCUT2D eigenvalue weighted by molar-refractivity contribution is 0.0627. The summed E-state index contributed by atoms with van der Waals surface area (Å²) in [6.45, 7) is 4.30. The number of hydrogen-bond donors (Lipinski definition) is 1. The van der Waals surface area contributed by atoms with Gasteiger partial charge >= 0.3 is 0 Å². The van der Waals surface area contributed by atoms with Crippen LogP contribution in [0, 0.1) is 17.2 Å². The number of nitriles is 1. The summed E-state index contributed by atoms with van der Waals surface area (Å²) in [6, 6.07) is 4.24. The molecule has 0 amide bonds. The molecule has 1 fully saturated rings. The summed E-state index contributed by atoms with van der Waals surface area (Å²) in [4.78, 5) is 8.89. The van der Waals surface area contributed by atoms with Gasteiger partial charge in [-0.15, -0.1) is 0 Å². The number of nitrogens with two attached hydrogens (primary N) is 1. The van der Waals surface area contributed by atoms with Crippen LogP contribution in [0.25, 0.3) is 28.0 Å². The lowest BCUT2D eigenvalue weighted by atomic mass is 9.67. The molecule has 1 aliphatic rings. The van der Waals surface area contributed by atoms with E-state index in [-0.39, 0.29) is 5.54 Å². The molecule has 1 saturated carbocycles. The maximum atomic E-state index is 9.40. The van der Waals surface area contributed by atoms with Crippen molar-refractivity contribution in [2.75, 3.05) is 12.3 Å². The molecule has 10 heteroatoms. The number of nitrogen functional groups attached to an aromatic ring is 1. The first-order valence-corrected chi connectivity index (χ1v) is 10.0. The average Bonchev–Trinajstić information content (AvgIpc) is 3.45. The SMILES string of the molecule is C=NC[C@H]1C[C@](CC#N)(n2cc(-c3nc(-c4cn(C)nc4N)cn4nccc34)cn2)C1. The van der Waals surface area contributed by atoms with Gasteiger partial charge in [0.05, 0.1) is 59.1 Å². The van der Waals surface area contributed by atoms with Gasteiger partial charge in [-0.1, -0.05) is 0 Å². The minimum atomic E-state index is -0.301. The smallest absolute Gasteiger partial charge is 0.154 e. The predicted octanol–water partition coefficient (Wildman–Crippen LogP) is 2.30. The summed E-state index contributed by atoms with van der Waals surface area (Å²) in [5, 5.41) is 22.6. The molecule has 31 heavy (non-hydrogen) atoms. The monoisotopic (exact) mass is 414 g/mol. The van der Waals surface area contributed by atoms with Gasteiger partial charge in [0.15, 0.2) is 5.82 Å². The van der Waals surface area contributed by atoms with Crippen LogP contribution in [-0.2, 0) is 12.6 Å². The van der Waals surface area contributed by atoms with Gasteiger partial charge in [-0.05, 0) is 31.5 Å². The van der Waals surface area contributed by atoms with Crippen molar-refractivity contribution in [3.05, 3.63) is 37.1 Å². The van der Waals surface area contributed by atoms with Crippen LogP contribution in [-0.4, -0.2) is 47.4 Å². The van der Waals surface area contributed by atoms with Crippen molar-refractivity contribution in [2.45, 2.75) is 24.8 Å². The molecule has 0 radical (unpaired) electrons. The summed E-state index contributed by atoms with van der Waals surface area (Å²) in [5.74, 6) is 0.850. The first-order chi connectivity index (χ1) is 15.0. The molecule has 4 aromatic heterocycles. The fourth-order valence-corrected chi connectivity index (χ4v) is 4.56. The average molecular weight is 414 g/mol. The summed E-state index contributed by atoms with van der Waals surface area (Å²) in [5.41, 5.74) is 9.67. The number of rotatable bonds is 6. The van der Waals surface area contributed by atoms with Gasteiger partial charge in [-0.25, -0.2) is 9.50 Å². The molecule has 10 nitrogen and oxygen atoms in total. The molecule has 2 N–H and O–H groups in total. The van der Waals surface area contributed by atoms with Gasteiger partial charge in [-0.3, -0.25) is 9.36 Å². The molecule has 4 aromatic rings. The Morgan fingerprint density at radius 3 is 2.87 bits per heavy atom. The summed E-state index contributed by atoms with van der Waals surface area (Å²) in [6.07, 6.45) is 11.3. The first-order valence-electron chi connectivity index (χ1n) is 10.0. The van der Waals surface area contributed by atoms with Gasteiger partial charge in [-0.2, -0.15) is 20.6 Å². The minimum absolute atomic E-state index is 0.301. The van der Waals surface area contributed by atoms with Crippen LogP contribution in [0.3, 0.4) is 0 Å². The molecular weight excluding hydrogens is 392 g/mol. The lowest BCUT2D eigenvalue weighted by Gasteiger charge is -2.46. The van der Waals surface area contributed by atoms with Gasteiger partial charge in [0.25, 0.3) is 0 Å². The minimum Gasteiger partial charge on any atom is -0.382 e. The zero-order valence-electron chi connectivity index (χ0n) is 17.2.